The fraction of sp³-hybridized carbons (Fsp3) is 0.357. The van der Waals surface area contributed by atoms with Gasteiger partial charge in [-0.05, 0) is 24.3 Å². The Morgan fingerprint density at radius 2 is 2.09 bits per heavy atom. The van der Waals surface area contributed by atoms with Crippen molar-refractivity contribution < 1.29 is 13.9 Å². The van der Waals surface area contributed by atoms with E-state index in [-0.39, 0.29) is 6.29 Å². The highest BCUT2D eigenvalue weighted by Gasteiger charge is 2.16. The van der Waals surface area contributed by atoms with E-state index in [1.807, 2.05) is 24.3 Å². The van der Waals surface area contributed by atoms with E-state index >= 15 is 0 Å². The SMILES string of the molecule is c1coc(-c2ccc3nnc(SCCC4OCCO4)n3n2)c1. The summed E-state index contributed by atoms with van der Waals surface area (Å²) in [5.41, 5.74) is 1.47. The molecule has 22 heavy (non-hydrogen) atoms. The first-order chi connectivity index (χ1) is 10.9. The average molecular weight is 318 g/mol. The Morgan fingerprint density at radius 3 is 2.91 bits per heavy atom. The van der Waals surface area contributed by atoms with Gasteiger partial charge in [0.1, 0.15) is 5.69 Å². The Bertz CT molecular complexity index is 753. The molecule has 0 aliphatic carbocycles. The molecular weight excluding hydrogens is 304 g/mol. The summed E-state index contributed by atoms with van der Waals surface area (Å²) in [6, 6.07) is 7.47. The third-order valence-corrected chi connectivity index (χ3v) is 4.24. The molecule has 4 heterocycles. The smallest absolute Gasteiger partial charge is 0.212 e. The minimum Gasteiger partial charge on any atom is -0.463 e. The predicted octanol–water partition coefficient (Wildman–Crippen LogP) is 2.24. The maximum atomic E-state index is 5.42. The topological polar surface area (TPSA) is 74.7 Å². The normalized spacial score (nSPS) is 15.8. The summed E-state index contributed by atoms with van der Waals surface area (Å²) in [5, 5.41) is 13.6. The molecule has 0 atom stereocenters. The van der Waals surface area contributed by atoms with Gasteiger partial charge in [-0.15, -0.1) is 10.2 Å². The van der Waals surface area contributed by atoms with Crippen LogP contribution in [-0.2, 0) is 9.47 Å². The molecule has 0 aromatic carbocycles. The number of aromatic nitrogens is 4. The monoisotopic (exact) mass is 318 g/mol. The van der Waals surface area contributed by atoms with E-state index < -0.39 is 0 Å². The maximum Gasteiger partial charge on any atom is 0.212 e. The lowest BCUT2D eigenvalue weighted by molar-refractivity contribution is -0.0421. The molecule has 8 heteroatoms. The van der Waals surface area contributed by atoms with Gasteiger partial charge in [0.05, 0.1) is 19.5 Å². The first-order valence-corrected chi connectivity index (χ1v) is 8.01. The summed E-state index contributed by atoms with van der Waals surface area (Å²) < 4.78 is 18.0. The largest absolute Gasteiger partial charge is 0.463 e. The van der Waals surface area contributed by atoms with Crippen molar-refractivity contribution >= 4 is 17.4 Å². The van der Waals surface area contributed by atoms with Crippen LogP contribution in [0.3, 0.4) is 0 Å². The van der Waals surface area contributed by atoms with Crippen LogP contribution in [0.1, 0.15) is 6.42 Å². The molecule has 0 bridgehead atoms. The molecule has 114 valence electrons. The van der Waals surface area contributed by atoms with Gasteiger partial charge in [0.15, 0.2) is 17.7 Å². The van der Waals surface area contributed by atoms with Gasteiger partial charge in [0.2, 0.25) is 5.16 Å². The Morgan fingerprint density at radius 1 is 1.18 bits per heavy atom. The van der Waals surface area contributed by atoms with Crippen LogP contribution in [0, 0.1) is 0 Å². The molecule has 3 aromatic rings. The predicted molar refractivity (Wildman–Crippen MR) is 79.5 cm³/mol. The van der Waals surface area contributed by atoms with Crippen LogP contribution in [0.25, 0.3) is 17.1 Å². The van der Waals surface area contributed by atoms with Gasteiger partial charge in [-0.2, -0.15) is 9.61 Å². The lowest BCUT2D eigenvalue weighted by atomic mass is 10.3. The quantitative estimate of drug-likeness (QED) is 0.668. The first kappa shape index (κ1) is 13.7. The fourth-order valence-corrected chi connectivity index (χ4v) is 3.08. The Labute approximate surface area is 130 Å². The van der Waals surface area contributed by atoms with E-state index in [0.717, 1.165) is 28.8 Å². The maximum absolute atomic E-state index is 5.42. The zero-order chi connectivity index (χ0) is 14.8. The van der Waals surface area contributed by atoms with Gasteiger partial charge in [-0.1, -0.05) is 11.8 Å². The summed E-state index contributed by atoms with van der Waals surface area (Å²) in [7, 11) is 0. The second-order valence-electron chi connectivity index (χ2n) is 4.76. The number of hydrogen-bond donors (Lipinski definition) is 0. The summed E-state index contributed by atoms with van der Waals surface area (Å²) in [5.74, 6) is 1.55. The number of rotatable bonds is 5. The van der Waals surface area contributed by atoms with Gasteiger partial charge < -0.3 is 13.9 Å². The zero-order valence-electron chi connectivity index (χ0n) is 11.7. The van der Waals surface area contributed by atoms with E-state index in [0.29, 0.717) is 18.9 Å². The minimum absolute atomic E-state index is 0.0988. The third-order valence-electron chi connectivity index (χ3n) is 3.28. The van der Waals surface area contributed by atoms with Crippen molar-refractivity contribution in [1.82, 2.24) is 19.8 Å². The minimum atomic E-state index is -0.0988. The Hall–Kier alpha value is -1.90. The van der Waals surface area contributed by atoms with Crippen molar-refractivity contribution in [3.05, 3.63) is 30.5 Å². The second-order valence-corrected chi connectivity index (χ2v) is 5.82. The molecule has 1 aliphatic heterocycles. The number of nitrogens with zero attached hydrogens (tertiary/aromatic N) is 4. The number of hydrogen-bond acceptors (Lipinski definition) is 7. The Kier molecular flexibility index (Phi) is 3.79. The van der Waals surface area contributed by atoms with Crippen molar-refractivity contribution in [3.63, 3.8) is 0 Å². The molecule has 3 aromatic heterocycles. The molecule has 0 N–H and O–H groups in total. The van der Waals surface area contributed by atoms with Gasteiger partial charge in [0, 0.05) is 12.2 Å². The van der Waals surface area contributed by atoms with Crippen LogP contribution in [0.4, 0.5) is 0 Å². The highest BCUT2D eigenvalue weighted by molar-refractivity contribution is 7.99. The van der Waals surface area contributed by atoms with Crippen LogP contribution in [0.5, 0.6) is 0 Å². The molecule has 4 rings (SSSR count). The molecule has 0 unspecified atom stereocenters. The van der Waals surface area contributed by atoms with Gasteiger partial charge in [-0.3, -0.25) is 0 Å². The van der Waals surface area contributed by atoms with Gasteiger partial charge in [0.25, 0.3) is 0 Å². The van der Waals surface area contributed by atoms with Crippen molar-refractivity contribution in [1.29, 1.82) is 0 Å². The van der Waals surface area contributed by atoms with E-state index in [1.54, 1.807) is 22.5 Å². The summed E-state index contributed by atoms with van der Waals surface area (Å²) in [6.45, 7) is 1.36. The molecule has 0 spiro atoms. The van der Waals surface area contributed by atoms with E-state index in [9.17, 15) is 0 Å². The van der Waals surface area contributed by atoms with Crippen LogP contribution in [0.15, 0.2) is 40.1 Å². The fourth-order valence-electron chi connectivity index (χ4n) is 2.24. The number of furan rings is 1. The molecule has 1 saturated heterocycles. The molecule has 0 amide bonds. The molecular formula is C14H14N4O3S. The van der Waals surface area contributed by atoms with Gasteiger partial charge >= 0.3 is 0 Å². The molecule has 0 radical (unpaired) electrons. The van der Waals surface area contributed by atoms with Crippen LogP contribution >= 0.6 is 11.8 Å². The summed E-state index contributed by atoms with van der Waals surface area (Å²) in [6.07, 6.45) is 2.35. The van der Waals surface area contributed by atoms with Gasteiger partial charge in [-0.25, -0.2) is 0 Å². The zero-order valence-corrected chi connectivity index (χ0v) is 12.5. The van der Waals surface area contributed by atoms with Crippen molar-refractivity contribution in [2.24, 2.45) is 0 Å². The van der Waals surface area contributed by atoms with Crippen LogP contribution in [0.2, 0.25) is 0 Å². The number of ether oxygens (including phenoxy) is 2. The number of thioether (sulfide) groups is 1. The molecule has 7 nitrogen and oxygen atoms in total. The van der Waals surface area contributed by atoms with Crippen LogP contribution in [-0.4, -0.2) is 45.1 Å². The van der Waals surface area contributed by atoms with Crippen molar-refractivity contribution in [3.8, 4) is 11.5 Å². The lowest BCUT2D eigenvalue weighted by Gasteiger charge is -2.07. The third kappa shape index (κ3) is 2.72. The van der Waals surface area contributed by atoms with Crippen molar-refractivity contribution in [2.75, 3.05) is 19.0 Å². The van der Waals surface area contributed by atoms with E-state index in [2.05, 4.69) is 15.3 Å². The average Bonchev–Trinajstić information content (AvgIpc) is 3.29. The highest BCUT2D eigenvalue weighted by atomic mass is 32.2. The summed E-state index contributed by atoms with van der Waals surface area (Å²) in [4.78, 5) is 0. The Balaban J connectivity index is 1.51. The molecule has 1 aliphatic rings. The second kappa shape index (κ2) is 6.07. The molecule has 0 saturated carbocycles. The van der Waals surface area contributed by atoms with E-state index in [4.69, 9.17) is 13.9 Å². The highest BCUT2D eigenvalue weighted by Crippen LogP contribution is 2.22. The number of fused-ring (bicyclic) bond motifs is 1. The molecule has 1 fully saturated rings. The first-order valence-electron chi connectivity index (χ1n) is 7.02. The van der Waals surface area contributed by atoms with E-state index in [1.165, 1.54) is 0 Å². The standard InChI is InChI=1S/C14H14N4O3S/c1-2-11(19-6-1)10-3-4-12-15-16-14(18(12)17-10)22-9-5-13-20-7-8-21-13/h1-4,6,13H,5,7-9H2. The van der Waals surface area contributed by atoms with Crippen molar-refractivity contribution in [2.45, 2.75) is 17.9 Å². The lowest BCUT2D eigenvalue weighted by Crippen LogP contribution is -2.08. The van der Waals surface area contributed by atoms with Crippen LogP contribution < -0.4 is 0 Å². The summed E-state index contributed by atoms with van der Waals surface area (Å²) >= 11 is 1.59.